The van der Waals surface area contributed by atoms with Crippen molar-refractivity contribution in [2.24, 2.45) is 0 Å². The van der Waals surface area contributed by atoms with Gasteiger partial charge in [0.15, 0.2) is 5.82 Å². The fourth-order valence-electron chi connectivity index (χ4n) is 3.43. The number of carbonyl (C=O) groups is 1. The van der Waals surface area contributed by atoms with Crippen molar-refractivity contribution in [2.75, 3.05) is 5.32 Å². The van der Waals surface area contributed by atoms with Crippen LogP contribution < -0.4 is 5.32 Å². The average Bonchev–Trinajstić information content (AvgIpc) is 2.96. The number of hydrogen-bond donors (Lipinski definition) is 1. The zero-order valence-electron chi connectivity index (χ0n) is 15.3. The largest absolute Gasteiger partial charge is 0.326 e. The summed E-state index contributed by atoms with van der Waals surface area (Å²) in [7, 11) is 0. The van der Waals surface area contributed by atoms with Crippen molar-refractivity contribution < 1.29 is 4.79 Å². The summed E-state index contributed by atoms with van der Waals surface area (Å²) in [5.74, 6) is 2.00. The number of hydrogen-bond acceptors (Lipinski definition) is 4. The maximum atomic E-state index is 12.2. The van der Waals surface area contributed by atoms with Crippen LogP contribution in [0.4, 0.5) is 5.69 Å². The smallest absolute Gasteiger partial charge is 0.224 e. The number of carbonyl (C=O) groups excluding carboxylic acids is 1. The minimum Gasteiger partial charge on any atom is -0.326 e. The molecule has 0 fully saturated rings. The van der Waals surface area contributed by atoms with E-state index < -0.39 is 0 Å². The second-order valence-electron chi connectivity index (χ2n) is 6.89. The van der Waals surface area contributed by atoms with Crippen LogP contribution in [0.15, 0.2) is 48.8 Å². The molecule has 1 N–H and O–H groups in total. The standard InChI is InChI=1S/C21H23N5O/c27-20(12-7-16-5-4-13-22-15-16)23-18-10-8-17(9-11-18)21-25-24-19-6-2-1-3-14-26(19)21/h4-5,8-11,13,15H,1-3,6-7,12,14H2,(H,23,27). The Balaban J connectivity index is 1.39. The molecule has 2 aromatic heterocycles. The summed E-state index contributed by atoms with van der Waals surface area (Å²) >= 11 is 0. The van der Waals surface area contributed by atoms with E-state index in [-0.39, 0.29) is 5.91 Å². The Kier molecular flexibility index (Phi) is 5.23. The maximum absolute atomic E-state index is 12.2. The van der Waals surface area contributed by atoms with Crippen molar-refractivity contribution in [3.63, 3.8) is 0 Å². The minimum atomic E-state index is 0.00273. The number of pyridine rings is 1. The summed E-state index contributed by atoms with van der Waals surface area (Å²) in [6.07, 6.45) is 9.24. The molecule has 1 aliphatic heterocycles. The molecular formula is C21H23N5O. The van der Waals surface area contributed by atoms with Crippen molar-refractivity contribution in [3.05, 3.63) is 60.2 Å². The normalized spacial score (nSPS) is 13.6. The molecule has 0 aliphatic carbocycles. The third-order valence-electron chi connectivity index (χ3n) is 4.90. The molecule has 0 saturated carbocycles. The Hall–Kier alpha value is -3.02. The van der Waals surface area contributed by atoms with Crippen molar-refractivity contribution in [3.8, 4) is 11.4 Å². The van der Waals surface area contributed by atoms with E-state index in [2.05, 4.69) is 25.1 Å². The van der Waals surface area contributed by atoms with E-state index in [0.29, 0.717) is 12.8 Å². The third kappa shape index (κ3) is 4.22. The average molecular weight is 361 g/mol. The predicted octanol–water partition coefficient (Wildman–Crippen LogP) is 3.64. The van der Waals surface area contributed by atoms with Gasteiger partial charge in [-0.05, 0) is 55.2 Å². The zero-order valence-corrected chi connectivity index (χ0v) is 15.3. The quantitative estimate of drug-likeness (QED) is 0.753. The second-order valence-corrected chi connectivity index (χ2v) is 6.89. The number of fused-ring (bicyclic) bond motifs is 1. The van der Waals surface area contributed by atoms with Crippen LogP contribution in [0.2, 0.25) is 0 Å². The van der Waals surface area contributed by atoms with Gasteiger partial charge in [0.05, 0.1) is 0 Å². The minimum absolute atomic E-state index is 0.00273. The van der Waals surface area contributed by atoms with Crippen LogP contribution in [0.1, 0.15) is 37.1 Å². The highest BCUT2D eigenvalue weighted by Crippen LogP contribution is 2.24. The van der Waals surface area contributed by atoms with E-state index in [1.807, 2.05) is 36.4 Å². The number of rotatable bonds is 5. The molecule has 138 valence electrons. The Bertz CT molecular complexity index is 902. The molecule has 3 aromatic rings. The summed E-state index contributed by atoms with van der Waals surface area (Å²) in [4.78, 5) is 16.2. The highest BCUT2D eigenvalue weighted by atomic mass is 16.1. The molecule has 0 bridgehead atoms. The van der Waals surface area contributed by atoms with Gasteiger partial charge < -0.3 is 9.88 Å². The Morgan fingerprint density at radius 1 is 1.07 bits per heavy atom. The van der Waals surface area contributed by atoms with Crippen molar-refractivity contribution >= 4 is 11.6 Å². The molecule has 6 heteroatoms. The van der Waals surface area contributed by atoms with Gasteiger partial charge in [-0.3, -0.25) is 9.78 Å². The Morgan fingerprint density at radius 3 is 2.78 bits per heavy atom. The molecule has 0 spiro atoms. The van der Waals surface area contributed by atoms with Crippen molar-refractivity contribution in [2.45, 2.75) is 45.1 Å². The number of anilines is 1. The maximum Gasteiger partial charge on any atom is 0.224 e. The summed E-state index contributed by atoms with van der Waals surface area (Å²) in [5.41, 5.74) is 2.89. The third-order valence-corrected chi connectivity index (χ3v) is 4.90. The topological polar surface area (TPSA) is 72.7 Å². The van der Waals surface area contributed by atoms with Crippen LogP contribution in [0.3, 0.4) is 0 Å². The first-order valence-electron chi connectivity index (χ1n) is 9.51. The van der Waals surface area contributed by atoms with E-state index in [0.717, 1.165) is 41.4 Å². The fraction of sp³-hybridized carbons (Fsp3) is 0.333. The summed E-state index contributed by atoms with van der Waals surface area (Å²) in [5, 5.41) is 11.7. The van der Waals surface area contributed by atoms with Gasteiger partial charge in [-0.25, -0.2) is 0 Å². The van der Waals surface area contributed by atoms with Crippen LogP contribution >= 0.6 is 0 Å². The first-order chi connectivity index (χ1) is 13.3. The van der Waals surface area contributed by atoms with E-state index in [4.69, 9.17) is 0 Å². The lowest BCUT2D eigenvalue weighted by molar-refractivity contribution is -0.116. The van der Waals surface area contributed by atoms with E-state index in [1.54, 1.807) is 12.4 Å². The van der Waals surface area contributed by atoms with Crippen LogP contribution in [0.5, 0.6) is 0 Å². The van der Waals surface area contributed by atoms with Gasteiger partial charge in [-0.15, -0.1) is 10.2 Å². The molecule has 0 saturated heterocycles. The van der Waals surface area contributed by atoms with Crippen LogP contribution in [-0.2, 0) is 24.2 Å². The lowest BCUT2D eigenvalue weighted by atomic mass is 10.1. The highest BCUT2D eigenvalue weighted by molar-refractivity contribution is 5.91. The van der Waals surface area contributed by atoms with E-state index >= 15 is 0 Å². The molecule has 0 atom stereocenters. The number of aromatic nitrogens is 4. The molecule has 0 unspecified atom stereocenters. The first kappa shape index (κ1) is 17.4. The summed E-state index contributed by atoms with van der Waals surface area (Å²) in [6.45, 7) is 0.977. The van der Waals surface area contributed by atoms with Crippen molar-refractivity contribution in [1.82, 2.24) is 19.7 Å². The van der Waals surface area contributed by atoms with Gasteiger partial charge in [-0.2, -0.15) is 0 Å². The van der Waals surface area contributed by atoms with Gasteiger partial charge in [0.25, 0.3) is 0 Å². The molecule has 1 aromatic carbocycles. The van der Waals surface area contributed by atoms with Crippen molar-refractivity contribution in [1.29, 1.82) is 0 Å². The molecule has 6 nitrogen and oxygen atoms in total. The van der Waals surface area contributed by atoms with Crippen LogP contribution in [-0.4, -0.2) is 25.7 Å². The summed E-state index contributed by atoms with van der Waals surface area (Å²) < 4.78 is 2.23. The molecule has 27 heavy (non-hydrogen) atoms. The second kappa shape index (κ2) is 8.12. The molecular weight excluding hydrogens is 338 g/mol. The van der Waals surface area contributed by atoms with Crippen LogP contribution in [0, 0.1) is 0 Å². The highest BCUT2D eigenvalue weighted by Gasteiger charge is 2.16. The summed E-state index contributed by atoms with van der Waals surface area (Å²) in [6, 6.07) is 11.7. The monoisotopic (exact) mass is 361 g/mol. The Labute approximate surface area is 158 Å². The number of nitrogens with one attached hydrogen (secondary N) is 1. The number of amides is 1. The van der Waals surface area contributed by atoms with Gasteiger partial charge in [-0.1, -0.05) is 12.5 Å². The van der Waals surface area contributed by atoms with Gasteiger partial charge in [0, 0.05) is 43.0 Å². The molecule has 1 amide bonds. The molecule has 0 radical (unpaired) electrons. The van der Waals surface area contributed by atoms with Gasteiger partial charge >= 0.3 is 0 Å². The van der Waals surface area contributed by atoms with Gasteiger partial charge in [0.1, 0.15) is 5.82 Å². The molecule has 4 rings (SSSR count). The lowest BCUT2D eigenvalue weighted by Crippen LogP contribution is -2.12. The number of aryl methyl sites for hydroxylation is 2. The van der Waals surface area contributed by atoms with E-state index in [1.165, 1.54) is 19.3 Å². The van der Waals surface area contributed by atoms with Gasteiger partial charge in [0.2, 0.25) is 5.91 Å². The number of nitrogens with zero attached hydrogens (tertiary/aromatic N) is 4. The SMILES string of the molecule is O=C(CCc1cccnc1)Nc1ccc(-c2nnc3n2CCCCC3)cc1. The predicted molar refractivity (Wildman–Crippen MR) is 104 cm³/mol. The lowest BCUT2D eigenvalue weighted by Gasteiger charge is -2.09. The van der Waals surface area contributed by atoms with E-state index in [9.17, 15) is 4.79 Å². The zero-order chi connectivity index (χ0) is 18.5. The fourth-order valence-corrected chi connectivity index (χ4v) is 3.43. The molecule has 1 aliphatic rings. The molecule has 3 heterocycles. The van der Waals surface area contributed by atoms with Crippen LogP contribution in [0.25, 0.3) is 11.4 Å². The number of benzene rings is 1. The first-order valence-corrected chi connectivity index (χ1v) is 9.51. The Morgan fingerprint density at radius 2 is 1.96 bits per heavy atom.